The van der Waals surface area contributed by atoms with Crippen molar-refractivity contribution < 1.29 is 9.90 Å². The highest BCUT2D eigenvalue weighted by molar-refractivity contribution is 7.11. The van der Waals surface area contributed by atoms with Crippen LogP contribution in [-0.4, -0.2) is 29.1 Å². The number of aliphatic hydroxyl groups excluding tert-OH is 1. The van der Waals surface area contributed by atoms with Crippen molar-refractivity contribution >= 4 is 22.9 Å². The number of carbonyl (C=O) groups excluding carboxylic acids is 1. The number of nitrogens with one attached hydrogen (secondary N) is 2. The predicted molar refractivity (Wildman–Crippen MR) is 91.9 cm³/mol. The standard InChI is InChI=1S/C17H21N3O2S/c21-8-7-18-16(22)13-5-2-6-14(9-13)19-10-15-11-20-17(23-15)12-3-1-4-12/h2,5-6,9,11-12,19,21H,1,3-4,7-8,10H2,(H,18,22). The zero-order chi connectivity index (χ0) is 16.1. The van der Waals surface area contributed by atoms with Gasteiger partial charge in [-0.05, 0) is 31.0 Å². The van der Waals surface area contributed by atoms with E-state index in [1.165, 1.54) is 29.1 Å². The van der Waals surface area contributed by atoms with Gasteiger partial charge >= 0.3 is 0 Å². The Morgan fingerprint density at radius 3 is 3.00 bits per heavy atom. The molecule has 6 heteroatoms. The molecule has 0 spiro atoms. The molecule has 1 aromatic carbocycles. The van der Waals surface area contributed by atoms with Gasteiger partial charge in [-0.1, -0.05) is 12.5 Å². The lowest BCUT2D eigenvalue weighted by Gasteiger charge is -2.22. The van der Waals surface area contributed by atoms with Crippen molar-refractivity contribution in [2.24, 2.45) is 0 Å². The van der Waals surface area contributed by atoms with Crippen LogP contribution in [0.2, 0.25) is 0 Å². The molecule has 1 aromatic heterocycles. The molecule has 23 heavy (non-hydrogen) atoms. The van der Waals surface area contributed by atoms with Crippen LogP contribution in [-0.2, 0) is 6.54 Å². The topological polar surface area (TPSA) is 74.2 Å². The summed E-state index contributed by atoms with van der Waals surface area (Å²) in [5.74, 6) is 0.500. The Balaban J connectivity index is 1.57. The number of anilines is 1. The molecule has 0 saturated heterocycles. The molecule has 1 aliphatic rings. The van der Waals surface area contributed by atoms with Gasteiger partial charge in [-0.2, -0.15) is 0 Å². The average molecular weight is 331 g/mol. The third kappa shape index (κ3) is 4.09. The number of amides is 1. The molecular formula is C17H21N3O2S. The van der Waals surface area contributed by atoms with Gasteiger partial charge in [0, 0.05) is 34.8 Å². The van der Waals surface area contributed by atoms with Gasteiger partial charge in [-0.15, -0.1) is 11.3 Å². The van der Waals surface area contributed by atoms with Crippen molar-refractivity contribution in [3.63, 3.8) is 0 Å². The minimum atomic E-state index is -0.173. The van der Waals surface area contributed by atoms with E-state index in [1.807, 2.05) is 24.4 Å². The Kier molecular flexibility index (Phi) is 5.25. The number of benzene rings is 1. The molecule has 1 fully saturated rings. The van der Waals surface area contributed by atoms with E-state index in [0.717, 1.165) is 5.69 Å². The van der Waals surface area contributed by atoms with Crippen LogP contribution in [0, 0.1) is 0 Å². The maximum Gasteiger partial charge on any atom is 0.251 e. The van der Waals surface area contributed by atoms with Crippen molar-refractivity contribution in [2.75, 3.05) is 18.5 Å². The lowest BCUT2D eigenvalue weighted by atomic mass is 9.86. The van der Waals surface area contributed by atoms with Gasteiger partial charge in [0.05, 0.1) is 18.2 Å². The van der Waals surface area contributed by atoms with Crippen LogP contribution >= 0.6 is 11.3 Å². The second kappa shape index (κ2) is 7.57. The zero-order valence-electron chi connectivity index (χ0n) is 12.9. The summed E-state index contributed by atoms with van der Waals surface area (Å²) in [6.45, 7) is 0.922. The molecule has 1 saturated carbocycles. The number of thiazole rings is 1. The molecule has 1 heterocycles. The first kappa shape index (κ1) is 16.0. The Hall–Kier alpha value is -1.92. The number of rotatable bonds is 7. The number of nitrogens with zero attached hydrogens (tertiary/aromatic N) is 1. The second-order valence-electron chi connectivity index (χ2n) is 5.71. The molecule has 0 unspecified atom stereocenters. The molecule has 2 aromatic rings. The Morgan fingerprint density at radius 2 is 2.26 bits per heavy atom. The molecule has 5 nitrogen and oxygen atoms in total. The summed E-state index contributed by atoms with van der Waals surface area (Å²) in [6.07, 6.45) is 5.81. The summed E-state index contributed by atoms with van der Waals surface area (Å²) in [6, 6.07) is 7.37. The monoisotopic (exact) mass is 331 g/mol. The molecule has 3 N–H and O–H groups in total. The van der Waals surface area contributed by atoms with E-state index in [1.54, 1.807) is 17.4 Å². The molecular weight excluding hydrogens is 310 g/mol. The molecule has 0 radical (unpaired) electrons. The number of aromatic nitrogens is 1. The Labute approximate surface area is 139 Å². The van der Waals surface area contributed by atoms with Crippen LogP contribution in [0.25, 0.3) is 0 Å². The van der Waals surface area contributed by atoms with E-state index in [9.17, 15) is 4.79 Å². The van der Waals surface area contributed by atoms with Crippen molar-refractivity contribution in [1.82, 2.24) is 10.3 Å². The summed E-state index contributed by atoms with van der Waals surface area (Å²) in [5, 5.41) is 16.0. The fraction of sp³-hybridized carbons (Fsp3) is 0.412. The van der Waals surface area contributed by atoms with Gasteiger partial charge < -0.3 is 15.7 Å². The van der Waals surface area contributed by atoms with Crippen LogP contribution in [0.15, 0.2) is 30.5 Å². The predicted octanol–water partition coefficient (Wildman–Crippen LogP) is 2.74. The van der Waals surface area contributed by atoms with Gasteiger partial charge in [0.2, 0.25) is 0 Å². The highest BCUT2D eigenvalue weighted by Crippen LogP contribution is 2.38. The minimum absolute atomic E-state index is 0.0572. The Bertz CT molecular complexity index is 667. The van der Waals surface area contributed by atoms with Crippen molar-refractivity contribution in [3.8, 4) is 0 Å². The first-order valence-electron chi connectivity index (χ1n) is 7.94. The Morgan fingerprint density at radius 1 is 1.39 bits per heavy atom. The van der Waals surface area contributed by atoms with E-state index in [0.29, 0.717) is 18.0 Å². The second-order valence-corrected chi connectivity index (χ2v) is 6.85. The van der Waals surface area contributed by atoms with Gasteiger partial charge in [0.25, 0.3) is 5.91 Å². The summed E-state index contributed by atoms with van der Waals surface area (Å²) in [7, 11) is 0. The first-order chi connectivity index (χ1) is 11.3. The summed E-state index contributed by atoms with van der Waals surface area (Å²) < 4.78 is 0. The van der Waals surface area contributed by atoms with Gasteiger partial charge in [0.1, 0.15) is 0 Å². The van der Waals surface area contributed by atoms with Crippen LogP contribution in [0.3, 0.4) is 0 Å². The SMILES string of the molecule is O=C(NCCO)c1cccc(NCc2cnc(C3CCC3)s2)c1. The number of hydrogen-bond acceptors (Lipinski definition) is 5. The molecule has 122 valence electrons. The van der Waals surface area contributed by atoms with E-state index < -0.39 is 0 Å². The fourth-order valence-electron chi connectivity index (χ4n) is 2.48. The number of aliphatic hydroxyl groups is 1. The molecule has 0 atom stereocenters. The minimum Gasteiger partial charge on any atom is -0.395 e. The third-order valence-corrected chi connectivity index (χ3v) is 5.17. The third-order valence-electron chi connectivity index (χ3n) is 4.01. The average Bonchev–Trinajstić information content (AvgIpc) is 2.97. The molecule has 0 bridgehead atoms. The number of hydrogen-bond donors (Lipinski definition) is 3. The van der Waals surface area contributed by atoms with Crippen molar-refractivity contribution in [2.45, 2.75) is 31.7 Å². The lowest BCUT2D eigenvalue weighted by molar-refractivity contribution is 0.0945. The van der Waals surface area contributed by atoms with E-state index in [2.05, 4.69) is 15.6 Å². The maximum atomic E-state index is 11.9. The smallest absolute Gasteiger partial charge is 0.251 e. The summed E-state index contributed by atoms with van der Waals surface area (Å²) in [4.78, 5) is 17.6. The summed E-state index contributed by atoms with van der Waals surface area (Å²) >= 11 is 1.78. The lowest BCUT2D eigenvalue weighted by Crippen LogP contribution is -2.26. The molecule has 1 amide bonds. The quantitative estimate of drug-likeness (QED) is 0.729. The first-order valence-corrected chi connectivity index (χ1v) is 8.75. The van der Waals surface area contributed by atoms with Crippen LogP contribution in [0.5, 0.6) is 0 Å². The zero-order valence-corrected chi connectivity index (χ0v) is 13.7. The fourth-order valence-corrected chi connectivity index (χ4v) is 3.51. The van der Waals surface area contributed by atoms with Crippen LogP contribution in [0.1, 0.15) is 45.4 Å². The van der Waals surface area contributed by atoms with Crippen LogP contribution in [0.4, 0.5) is 5.69 Å². The maximum absolute atomic E-state index is 11.9. The normalized spacial score (nSPS) is 14.3. The van der Waals surface area contributed by atoms with E-state index in [-0.39, 0.29) is 19.1 Å². The highest BCUT2D eigenvalue weighted by Gasteiger charge is 2.22. The summed E-state index contributed by atoms with van der Waals surface area (Å²) in [5.41, 5.74) is 1.49. The largest absolute Gasteiger partial charge is 0.395 e. The van der Waals surface area contributed by atoms with Gasteiger partial charge in [-0.25, -0.2) is 4.98 Å². The van der Waals surface area contributed by atoms with E-state index >= 15 is 0 Å². The van der Waals surface area contributed by atoms with Crippen molar-refractivity contribution in [1.29, 1.82) is 0 Å². The van der Waals surface area contributed by atoms with Gasteiger partial charge in [-0.3, -0.25) is 4.79 Å². The molecule has 0 aliphatic heterocycles. The van der Waals surface area contributed by atoms with Crippen LogP contribution < -0.4 is 10.6 Å². The molecule has 3 rings (SSSR count). The highest BCUT2D eigenvalue weighted by atomic mass is 32.1. The van der Waals surface area contributed by atoms with Crippen molar-refractivity contribution in [3.05, 3.63) is 45.9 Å². The van der Waals surface area contributed by atoms with Gasteiger partial charge in [0.15, 0.2) is 0 Å². The number of carbonyl (C=O) groups is 1. The van der Waals surface area contributed by atoms with E-state index in [4.69, 9.17) is 5.11 Å². The molecule has 1 aliphatic carbocycles.